The molecule has 0 spiro atoms. The summed E-state index contributed by atoms with van der Waals surface area (Å²) in [6.07, 6.45) is 0. The first-order chi connectivity index (χ1) is 11.0. The average molecular weight is 333 g/mol. The second-order valence-corrected chi connectivity index (χ2v) is 5.47. The highest BCUT2D eigenvalue weighted by Crippen LogP contribution is 2.34. The molecule has 1 aliphatic rings. The summed E-state index contributed by atoms with van der Waals surface area (Å²) in [4.78, 5) is 25.4. The van der Waals surface area contributed by atoms with Crippen molar-refractivity contribution in [3.05, 3.63) is 47.5 Å². The van der Waals surface area contributed by atoms with Crippen molar-refractivity contribution >= 4 is 34.9 Å². The van der Waals surface area contributed by atoms with Gasteiger partial charge in [0.15, 0.2) is 5.75 Å². The number of halogens is 1. The van der Waals surface area contributed by atoms with Crippen LogP contribution in [0.3, 0.4) is 0 Å². The molecule has 0 aliphatic carbocycles. The van der Waals surface area contributed by atoms with Crippen molar-refractivity contribution in [1.82, 2.24) is 0 Å². The third-order valence-electron chi connectivity index (χ3n) is 3.29. The molecule has 6 nitrogen and oxygen atoms in total. The van der Waals surface area contributed by atoms with Gasteiger partial charge in [0.05, 0.1) is 12.2 Å². The summed E-state index contributed by atoms with van der Waals surface area (Å²) in [5, 5.41) is 12.4. The number of nitrogens with one attached hydrogen (secondary N) is 1. The Morgan fingerprint density at radius 2 is 2.00 bits per heavy atom. The summed E-state index contributed by atoms with van der Waals surface area (Å²) in [6, 6.07) is 11.0. The van der Waals surface area contributed by atoms with Crippen LogP contribution in [-0.4, -0.2) is 30.1 Å². The number of amides is 1. The molecule has 2 N–H and O–H groups in total. The van der Waals surface area contributed by atoms with Crippen molar-refractivity contribution in [2.75, 3.05) is 23.3 Å². The van der Waals surface area contributed by atoms with Gasteiger partial charge in [-0.2, -0.15) is 0 Å². The largest absolute Gasteiger partial charge is 0.508 e. The lowest BCUT2D eigenvalue weighted by Crippen LogP contribution is -2.41. The number of carbonyl (C=O) groups excluding carboxylic acids is 2. The number of fused-ring (bicyclic) bond motifs is 1. The molecule has 1 heterocycles. The molecule has 7 heteroatoms. The predicted molar refractivity (Wildman–Crippen MR) is 86.0 cm³/mol. The van der Waals surface area contributed by atoms with Crippen molar-refractivity contribution in [3.8, 4) is 11.5 Å². The lowest BCUT2D eigenvalue weighted by Gasteiger charge is -2.29. The smallest absolute Gasteiger partial charge is 0.331 e. The van der Waals surface area contributed by atoms with Gasteiger partial charge in [0.1, 0.15) is 12.3 Å². The Kier molecular flexibility index (Phi) is 4.08. The zero-order valence-corrected chi connectivity index (χ0v) is 12.7. The van der Waals surface area contributed by atoms with E-state index in [1.807, 2.05) is 0 Å². The van der Waals surface area contributed by atoms with Gasteiger partial charge in [0.25, 0.3) is 0 Å². The van der Waals surface area contributed by atoms with Crippen LogP contribution < -0.4 is 15.0 Å². The summed E-state index contributed by atoms with van der Waals surface area (Å²) in [5.74, 6) is -0.234. The van der Waals surface area contributed by atoms with Gasteiger partial charge in [0.2, 0.25) is 5.91 Å². The van der Waals surface area contributed by atoms with E-state index in [2.05, 4.69) is 5.32 Å². The fourth-order valence-electron chi connectivity index (χ4n) is 2.28. The van der Waals surface area contributed by atoms with E-state index in [-0.39, 0.29) is 24.7 Å². The van der Waals surface area contributed by atoms with Gasteiger partial charge in [0, 0.05) is 10.7 Å². The molecule has 0 fully saturated rings. The maximum absolute atomic E-state index is 12.2. The van der Waals surface area contributed by atoms with E-state index >= 15 is 0 Å². The molecule has 0 atom stereocenters. The Morgan fingerprint density at radius 1 is 1.26 bits per heavy atom. The molecular formula is C16H13ClN2O4. The van der Waals surface area contributed by atoms with Gasteiger partial charge < -0.3 is 20.1 Å². The van der Waals surface area contributed by atoms with E-state index in [1.54, 1.807) is 35.2 Å². The van der Waals surface area contributed by atoms with Crippen LogP contribution in [0.4, 0.5) is 11.4 Å². The molecule has 0 unspecified atom stereocenters. The molecule has 2 aromatic carbocycles. The fraction of sp³-hybridized carbons (Fsp3) is 0.125. The number of hydrogen-bond donors (Lipinski definition) is 2. The monoisotopic (exact) mass is 332 g/mol. The molecule has 0 saturated carbocycles. The van der Waals surface area contributed by atoms with Crippen LogP contribution in [0, 0.1) is 0 Å². The molecule has 1 aliphatic heterocycles. The third kappa shape index (κ3) is 3.54. The van der Waals surface area contributed by atoms with E-state index in [1.165, 1.54) is 12.1 Å². The van der Waals surface area contributed by atoms with Crippen molar-refractivity contribution in [2.24, 2.45) is 0 Å². The predicted octanol–water partition coefficient (Wildman–Crippen LogP) is 2.41. The quantitative estimate of drug-likeness (QED) is 0.512. The number of esters is 1. The molecular weight excluding hydrogens is 320 g/mol. The van der Waals surface area contributed by atoms with Crippen LogP contribution >= 0.6 is 11.6 Å². The van der Waals surface area contributed by atoms with Gasteiger partial charge in [-0.3, -0.25) is 4.79 Å². The molecule has 118 valence electrons. The molecule has 0 aromatic heterocycles. The van der Waals surface area contributed by atoms with E-state index in [0.717, 1.165) is 0 Å². The summed E-state index contributed by atoms with van der Waals surface area (Å²) in [6.45, 7) is -0.0559. The Hall–Kier alpha value is -2.73. The standard InChI is InChI=1S/C16H13ClN2O4/c17-10-1-6-14-13(7-10)19(9-16(22)23-14)8-15(21)18-11-2-4-12(20)5-3-11/h1-7,20H,8-9H2,(H,18,21). The molecule has 0 bridgehead atoms. The van der Waals surface area contributed by atoms with Crippen molar-refractivity contribution < 1.29 is 19.4 Å². The van der Waals surface area contributed by atoms with Gasteiger partial charge in [-0.05, 0) is 42.5 Å². The number of hydrogen-bond acceptors (Lipinski definition) is 5. The zero-order chi connectivity index (χ0) is 16.4. The fourth-order valence-corrected chi connectivity index (χ4v) is 2.45. The highest BCUT2D eigenvalue weighted by atomic mass is 35.5. The summed E-state index contributed by atoms with van der Waals surface area (Å²) < 4.78 is 5.13. The van der Waals surface area contributed by atoms with Crippen LogP contribution in [-0.2, 0) is 9.59 Å². The van der Waals surface area contributed by atoms with Crippen LogP contribution in [0.2, 0.25) is 5.02 Å². The third-order valence-corrected chi connectivity index (χ3v) is 3.53. The molecule has 1 amide bonds. The molecule has 0 radical (unpaired) electrons. The number of rotatable bonds is 3. The Labute approximate surface area is 137 Å². The number of ether oxygens (including phenoxy) is 1. The Morgan fingerprint density at radius 3 is 2.74 bits per heavy atom. The van der Waals surface area contributed by atoms with Crippen LogP contribution in [0.25, 0.3) is 0 Å². The Balaban J connectivity index is 1.74. The normalized spacial score (nSPS) is 13.3. The number of anilines is 2. The van der Waals surface area contributed by atoms with Gasteiger partial charge in [-0.15, -0.1) is 0 Å². The van der Waals surface area contributed by atoms with E-state index in [9.17, 15) is 14.7 Å². The number of phenols is 1. The van der Waals surface area contributed by atoms with Crippen molar-refractivity contribution in [1.29, 1.82) is 0 Å². The second kappa shape index (κ2) is 6.18. The highest BCUT2D eigenvalue weighted by Gasteiger charge is 2.25. The van der Waals surface area contributed by atoms with Gasteiger partial charge >= 0.3 is 5.97 Å². The van der Waals surface area contributed by atoms with E-state index in [0.29, 0.717) is 22.1 Å². The van der Waals surface area contributed by atoms with Crippen LogP contribution in [0.5, 0.6) is 11.5 Å². The molecule has 0 saturated heterocycles. The average Bonchev–Trinajstić information content (AvgIpc) is 2.50. The van der Waals surface area contributed by atoms with E-state index in [4.69, 9.17) is 16.3 Å². The maximum atomic E-state index is 12.2. The SMILES string of the molecule is O=C(CN1CC(=O)Oc2ccc(Cl)cc21)Nc1ccc(O)cc1. The topological polar surface area (TPSA) is 78.9 Å². The van der Waals surface area contributed by atoms with Crippen LogP contribution in [0.15, 0.2) is 42.5 Å². The summed E-state index contributed by atoms with van der Waals surface area (Å²) >= 11 is 5.97. The maximum Gasteiger partial charge on any atom is 0.331 e. The molecule has 2 aromatic rings. The zero-order valence-electron chi connectivity index (χ0n) is 12.0. The van der Waals surface area contributed by atoms with Crippen molar-refractivity contribution in [2.45, 2.75) is 0 Å². The molecule has 23 heavy (non-hydrogen) atoms. The highest BCUT2D eigenvalue weighted by molar-refractivity contribution is 6.31. The van der Waals surface area contributed by atoms with Crippen molar-refractivity contribution in [3.63, 3.8) is 0 Å². The number of carbonyl (C=O) groups is 2. The second-order valence-electron chi connectivity index (χ2n) is 5.04. The first kappa shape index (κ1) is 15.2. The minimum absolute atomic E-state index is 0.0245. The Bertz CT molecular complexity index is 761. The molecule has 3 rings (SSSR count). The number of benzene rings is 2. The minimum Gasteiger partial charge on any atom is -0.508 e. The first-order valence-corrected chi connectivity index (χ1v) is 7.23. The van der Waals surface area contributed by atoms with Gasteiger partial charge in [-0.25, -0.2) is 4.79 Å². The number of phenolic OH excluding ortho intramolecular Hbond substituents is 1. The lowest BCUT2D eigenvalue weighted by molar-refractivity contribution is -0.133. The number of aromatic hydroxyl groups is 1. The summed E-state index contributed by atoms with van der Waals surface area (Å²) in [5.41, 5.74) is 1.15. The first-order valence-electron chi connectivity index (χ1n) is 6.85. The van der Waals surface area contributed by atoms with Gasteiger partial charge in [-0.1, -0.05) is 11.6 Å². The lowest BCUT2D eigenvalue weighted by atomic mass is 10.2. The number of nitrogens with zero attached hydrogens (tertiary/aromatic N) is 1. The summed E-state index contributed by atoms with van der Waals surface area (Å²) in [7, 11) is 0. The van der Waals surface area contributed by atoms with E-state index < -0.39 is 5.97 Å². The van der Waals surface area contributed by atoms with Crippen LogP contribution in [0.1, 0.15) is 0 Å². The minimum atomic E-state index is -0.433.